The van der Waals surface area contributed by atoms with Gasteiger partial charge in [0, 0.05) is 25.7 Å². The summed E-state index contributed by atoms with van der Waals surface area (Å²) in [5, 5.41) is 3.72. The van der Waals surface area contributed by atoms with E-state index in [9.17, 15) is 0 Å². The predicted molar refractivity (Wildman–Crippen MR) is 82.5 cm³/mol. The molecule has 0 bridgehead atoms. The van der Waals surface area contributed by atoms with Gasteiger partial charge in [0.25, 0.3) is 0 Å². The van der Waals surface area contributed by atoms with Gasteiger partial charge in [-0.15, -0.1) is 0 Å². The van der Waals surface area contributed by atoms with Gasteiger partial charge in [-0.2, -0.15) is 0 Å². The summed E-state index contributed by atoms with van der Waals surface area (Å²) in [6, 6.07) is 0.735. The average Bonchev–Trinajstić information content (AvgIpc) is 2.36. The van der Waals surface area contributed by atoms with E-state index >= 15 is 0 Å². The molecule has 2 rings (SSSR count). The van der Waals surface area contributed by atoms with Gasteiger partial charge in [-0.1, -0.05) is 13.8 Å². The monoisotopic (exact) mass is 267 g/mol. The van der Waals surface area contributed by atoms with Crippen molar-refractivity contribution in [2.75, 3.05) is 46.3 Å². The van der Waals surface area contributed by atoms with Crippen LogP contribution < -0.4 is 5.32 Å². The van der Waals surface area contributed by atoms with E-state index in [0.29, 0.717) is 0 Å². The van der Waals surface area contributed by atoms with Crippen LogP contribution in [0.1, 0.15) is 39.5 Å². The molecule has 0 amide bonds. The van der Waals surface area contributed by atoms with E-state index in [0.717, 1.165) is 17.9 Å². The molecule has 112 valence electrons. The summed E-state index contributed by atoms with van der Waals surface area (Å²) in [6.45, 7) is 12.4. The number of likely N-dealkylation sites (tertiary alicyclic amines) is 1. The summed E-state index contributed by atoms with van der Waals surface area (Å²) in [7, 11) is 2.28. The van der Waals surface area contributed by atoms with Crippen molar-refractivity contribution in [3.05, 3.63) is 0 Å². The lowest BCUT2D eigenvalue weighted by Crippen LogP contribution is -2.46. The van der Waals surface area contributed by atoms with Crippen molar-refractivity contribution < 1.29 is 0 Å². The SMILES string of the molecule is CCC1CCN(CC2CCCN(C)C2)CC(C)CN1. The van der Waals surface area contributed by atoms with Crippen molar-refractivity contribution in [3.63, 3.8) is 0 Å². The van der Waals surface area contributed by atoms with Crippen LogP contribution in [0.4, 0.5) is 0 Å². The van der Waals surface area contributed by atoms with Crippen LogP contribution in [-0.2, 0) is 0 Å². The Labute approximate surface area is 119 Å². The third-order valence-electron chi connectivity index (χ3n) is 4.85. The summed E-state index contributed by atoms with van der Waals surface area (Å²) in [4.78, 5) is 5.26. The van der Waals surface area contributed by atoms with E-state index in [1.807, 2.05) is 0 Å². The van der Waals surface area contributed by atoms with Crippen molar-refractivity contribution in [2.24, 2.45) is 11.8 Å². The van der Waals surface area contributed by atoms with E-state index in [1.165, 1.54) is 65.0 Å². The Morgan fingerprint density at radius 2 is 2.00 bits per heavy atom. The first-order chi connectivity index (χ1) is 9.17. The van der Waals surface area contributed by atoms with Crippen LogP contribution in [0, 0.1) is 11.8 Å². The fourth-order valence-corrected chi connectivity index (χ4v) is 3.71. The third kappa shape index (κ3) is 5.05. The first kappa shape index (κ1) is 15.3. The second-order valence-corrected chi connectivity index (χ2v) is 6.94. The van der Waals surface area contributed by atoms with Gasteiger partial charge in [0.15, 0.2) is 0 Å². The Hall–Kier alpha value is -0.120. The van der Waals surface area contributed by atoms with Gasteiger partial charge in [-0.25, -0.2) is 0 Å². The molecular weight excluding hydrogens is 234 g/mol. The van der Waals surface area contributed by atoms with Crippen LogP contribution in [0.25, 0.3) is 0 Å². The molecule has 1 N–H and O–H groups in total. The minimum Gasteiger partial charge on any atom is -0.314 e. The molecular formula is C16H33N3. The molecule has 2 saturated heterocycles. The van der Waals surface area contributed by atoms with Gasteiger partial charge in [0.05, 0.1) is 0 Å². The number of rotatable bonds is 3. The zero-order valence-corrected chi connectivity index (χ0v) is 13.2. The third-order valence-corrected chi connectivity index (χ3v) is 4.85. The quantitative estimate of drug-likeness (QED) is 0.844. The van der Waals surface area contributed by atoms with Gasteiger partial charge in [-0.3, -0.25) is 0 Å². The number of piperidine rings is 1. The number of hydrogen-bond donors (Lipinski definition) is 1. The zero-order chi connectivity index (χ0) is 13.7. The first-order valence-electron chi connectivity index (χ1n) is 8.31. The van der Waals surface area contributed by atoms with Gasteiger partial charge in [0.1, 0.15) is 0 Å². The maximum atomic E-state index is 3.72. The van der Waals surface area contributed by atoms with E-state index in [-0.39, 0.29) is 0 Å². The van der Waals surface area contributed by atoms with Crippen molar-refractivity contribution in [2.45, 2.75) is 45.6 Å². The highest BCUT2D eigenvalue weighted by Crippen LogP contribution is 2.18. The minimum atomic E-state index is 0.735. The molecule has 0 saturated carbocycles. The normalized spacial score (nSPS) is 35.8. The largest absolute Gasteiger partial charge is 0.314 e. The molecule has 3 nitrogen and oxygen atoms in total. The van der Waals surface area contributed by atoms with Gasteiger partial charge < -0.3 is 15.1 Å². The van der Waals surface area contributed by atoms with Crippen LogP contribution in [0.2, 0.25) is 0 Å². The molecule has 19 heavy (non-hydrogen) atoms. The van der Waals surface area contributed by atoms with Crippen LogP contribution in [-0.4, -0.2) is 62.2 Å². The second kappa shape index (κ2) is 7.61. The fraction of sp³-hybridized carbons (Fsp3) is 1.00. The molecule has 0 spiro atoms. The summed E-state index contributed by atoms with van der Waals surface area (Å²) in [5.74, 6) is 1.69. The lowest BCUT2D eigenvalue weighted by molar-refractivity contribution is 0.128. The van der Waals surface area contributed by atoms with Crippen molar-refractivity contribution >= 4 is 0 Å². The first-order valence-corrected chi connectivity index (χ1v) is 8.31. The van der Waals surface area contributed by atoms with E-state index in [4.69, 9.17) is 0 Å². The van der Waals surface area contributed by atoms with Crippen LogP contribution in [0.15, 0.2) is 0 Å². The van der Waals surface area contributed by atoms with Crippen molar-refractivity contribution in [3.8, 4) is 0 Å². The second-order valence-electron chi connectivity index (χ2n) is 6.94. The lowest BCUT2D eigenvalue weighted by Gasteiger charge is -2.37. The highest BCUT2D eigenvalue weighted by molar-refractivity contribution is 4.79. The lowest BCUT2D eigenvalue weighted by atomic mass is 9.96. The zero-order valence-electron chi connectivity index (χ0n) is 13.2. The minimum absolute atomic E-state index is 0.735. The molecule has 2 aliphatic rings. The van der Waals surface area contributed by atoms with E-state index < -0.39 is 0 Å². The molecule has 2 fully saturated rings. The van der Waals surface area contributed by atoms with Gasteiger partial charge in [-0.05, 0) is 64.2 Å². The molecule has 0 aromatic carbocycles. The van der Waals surface area contributed by atoms with Crippen LogP contribution in [0.3, 0.4) is 0 Å². The Bertz CT molecular complexity index is 256. The molecule has 0 radical (unpaired) electrons. The Kier molecular flexibility index (Phi) is 6.11. The summed E-state index contributed by atoms with van der Waals surface area (Å²) >= 11 is 0. The van der Waals surface area contributed by atoms with Crippen LogP contribution in [0.5, 0.6) is 0 Å². The molecule has 2 heterocycles. The van der Waals surface area contributed by atoms with Gasteiger partial charge >= 0.3 is 0 Å². The maximum absolute atomic E-state index is 3.72. The highest BCUT2D eigenvalue weighted by atomic mass is 15.2. The van der Waals surface area contributed by atoms with Crippen molar-refractivity contribution in [1.82, 2.24) is 15.1 Å². The summed E-state index contributed by atoms with van der Waals surface area (Å²) in [6.07, 6.45) is 5.42. The molecule has 0 aromatic heterocycles. The topological polar surface area (TPSA) is 18.5 Å². The summed E-state index contributed by atoms with van der Waals surface area (Å²) in [5.41, 5.74) is 0. The Morgan fingerprint density at radius 1 is 1.16 bits per heavy atom. The molecule has 2 aliphatic heterocycles. The van der Waals surface area contributed by atoms with Gasteiger partial charge in [0.2, 0.25) is 0 Å². The number of nitrogens with one attached hydrogen (secondary N) is 1. The Morgan fingerprint density at radius 3 is 2.74 bits per heavy atom. The summed E-state index contributed by atoms with van der Waals surface area (Å²) < 4.78 is 0. The highest BCUT2D eigenvalue weighted by Gasteiger charge is 2.23. The standard InChI is InChI=1S/C16H33N3/c1-4-16-7-9-19(11-14(2)10-17-16)13-15-6-5-8-18(3)12-15/h14-17H,4-13H2,1-3H3. The van der Waals surface area contributed by atoms with Crippen LogP contribution >= 0.6 is 0 Å². The molecule has 3 heteroatoms. The molecule has 0 aliphatic carbocycles. The van der Waals surface area contributed by atoms with E-state index in [1.54, 1.807) is 0 Å². The molecule has 3 unspecified atom stereocenters. The molecule has 3 atom stereocenters. The molecule has 0 aromatic rings. The van der Waals surface area contributed by atoms with E-state index in [2.05, 4.69) is 36.0 Å². The Balaban J connectivity index is 1.83. The smallest absolute Gasteiger partial charge is 0.00767 e. The predicted octanol–water partition coefficient (Wildman–Crippen LogP) is 2.04. The number of hydrogen-bond acceptors (Lipinski definition) is 3. The maximum Gasteiger partial charge on any atom is 0.00767 e. The van der Waals surface area contributed by atoms with Crippen molar-refractivity contribution in [1.29, 1.82) is 0 Å². The average molecular weight is 267 g/mol. The fourth-order valence-electron chi connectivity index (χ4n) is 3.71. The number of nitrogens with zero attached hydrogens (tertiary/aromatic N) is 2.